The molecule has 0 atom stereocenters. The molecule has 0 spiro atoms. The smallest absolute Gasteiger partial charge is 0.0165 e. The molecule has 1 aliphatic rings. The first-order valence-electron chi connectivity index (χ1n) is 21.5. The highest BCUT2D eigenvalue weighted by atomic mass is 14.4. The fourth-order valence-corrected chi connectivity index (χ4v) is 11.4. The Kier molecular flexibility index (Phi) is 7.17. The van der Waals surface area contributed by atoms with Gasteiger partial charge in [-0.3, -0.25) is 0 Å². The van der Waals surface area contributed by atoms with Crippen LogP contribution in [0, 0.1) is 0 Å². The normalized spacial score (nSPS) is 13.2. The van der Waals surface area contributed by atoms with Crippen molar-refractivity contribution in [1.82, 2.24) is 0 Å². The van der Waals surface area contributed by atoms with Crippen molar-refractivity contribution in [3.63, 3.8) is 0 Å². The van der Waals surface area contributed by atoms with Crippen molar-refractivity contribution in [2.45, 2.75) is 19.3 Å². The van der Waals surface area contributed by atoms with E-state index in [1.54, 1.807) is 0 Å². The van der Waals surface area contributed by atoms with Crippen molar-refractivity contribution in [3.05, 3.63) is 217 Å². The SMILES string of the molecule is CC1(C)c2cc(-c3ccc(-c4c5ccccc5c(-c5cc6ccccc6c6ccccc56)c5ccccc45)cc3)c3ccccc3c2-c2c1c1ccccc1c1ccccc21. The molecule has 0 aliphatic heterocycles. The lowest BCUT2D eigenvalue weighted by atomic mass is 9.78. The molecule has 0 N–H and O–H groups in total. The van der Waals surface area contributed by atoms with Gasteiger partial charge < -0.3 is 0 Å². The summed E-state index contributed by atoms with van der Waals surface area (Å²) in [4.78, 5) is 0. The van der Waals surface area contributed by atoms with Gasteiger partial charge in [0.1, 0.15) is 0 Å². The molecule has 0 aromatic heterocycles. The summed E-state index contributed by atoms with van der Waals surface area (Å²) in [6.45, 7) is 4.86. The van der Waals surface area contributed by atoms with Crippen molar-refractivity contribution in [2.75, 3.05) is 0 Å². The van der Waals surface area contributed by atoms with Crippen LogP contribution < -0.4 is 0 Å². The minimum absolute atomic E-state index is 0.192. The zero-order valence-electron chi connectivity index (χ0n) is 34.1. The standard InChI is InChI=1S/C61H40/c1-61(2)55-36-53(45-23-8-10-24-46(45)58(55)59-47-25-11-7-20-42(47)43-21-9-16-30-52(43)60(59)61)37-31-33-38(34-32-37)56-48-26-12-14-28-50(48)57(51-29-15-13-27-49(51)56)54-35-39-17-3-4-18-40(39)41-19-5-6-22-44(41)54/h3-36H,1-2H3. The molecular weight excluding hydrogens is 733 g/mol. The Bertz CT molecular complexity index is 3770. The van der Waals surface area contributed by atoms with Crippen LogP contribution in [0.3, 0.4) is 0 Å². The summed E-state index contributed by atoms with van der Waals surface area (Å²) >= 11 is 0. The monoisotopic (exact) mass is 772 g/mol. The van der Waals surface area contributed by atoms with Gasteiger partial charge in [-0.05, 0) is 143 Å². The second kappa shape index (κ2) is 12.7. The van der Waals surface area contributed by atoms with E-state index in [9.17, 15) is 0 Å². The third-order valence-electron chi connectivity index (χ3n) is 14.0. The molecule has 0 bridgehead atoms. The van der Waals surface area contributed by atoms with Crippen LogP contribution in [0.2, 0.25) is 0 Å². The molecule has 12 aromatic rings. The molecule has 0 heterocycles. The summed E-state index contributed by atoms with van der Waals surface area (Å²) in [5, 5.41) is 18.1. The molecule has 0 saturated heterocycles. The van der Waals surface area contributed by atoms with Gasteiger partial charge in [0.25, 0.3) is 0 Å². The zero-order valence-corrected chi connectivity index (χ0v) is 34.1. The van der Waals surface area contributed by atoms with E-state index >= 15 is 0 Å². The average molecular weight is 773 g/mol. The van der Waals surface area contributed by atoms with E-state index in [-0.39, 0.29) is 5.41 Å². The maximum Gasteiger partial charge on any atom is 0.0165 e. The predicted molar refractivity (Wildman–Crippen MR) is 263 cm³/mol. The molecular formula is C61H40. The average Bonchev–Trinajstić information content (AvgIpc) is 3.57. The molecule has 1 aliphatic carbocycles. The molecule has 0 saturated carbocycles. The van der Waals surface area contributed by atoms with E-state index in [4.69, 9.17) is 0 Å². The first-order chi connectivity index (χ1) is 30.1. The summed E-state index contributed by atoms with van der Waals surface area (Å²) in [5.41, 5.74) is 13.0. The zero-order chi connectivity index (χ0) is 40.4. The molecule has 0 amide bonds. The van der Waals surface area contributed by atoms with Crippen molar-refractivity contribution in [1.29, 1.82) is 0 Å². The number of hydrogen-bond donors (Lipinski definition) is 0. The molecule has 0 nitrogen and oxygen atoms in total. The molecule has 0 heteroatoms. The molecule has 284 valence electrons. The quantitative estimate of drug-likeness (QED) is 0.124. The Labute approximate surface area is 355 Å². The number of fused-ring (bicyclic) bond motifs is 15. The van der Waals surface area contributed by atoms with Gasteiger partial charge in [0.05, 0.1) is 0 Å². The molecule has 0 radical (unpaired) electrons. The van der Waals surface area contributed by atoms with Gasteiger partial charge in [0.2, 0.25) is 0 Å². The summed E-state index contributed by atoms with van der Waals surface area (Å²) in [6, 6.07) is 77.2. The van der Waals surface area contributed by atoms with Gasteiger partial charge in [-0.1, -0.05) is 208 Å². The largest absolute Gasteiger partial charge is 0.0616 e. The Morgan fingerprint density at radius 3 is 1.21 bits per heavy atom. The molecule has 0 unspecified atom stereocenters. The van der Waals surface area contributed by atoms with Crippen LogP contribution >= 0.6 is 0 Å². The Morgan fingerprint density at radius 1 is 0.262 bits per heavy atom. The van der Waals surface area contributed by atoms with Crippen molar-refractivity contribution >= 4 is 75.4 Å². The summed E-state index contributed by atoms with van der Waals surface area (Å²) < 4.78 is 0. The third-order valence-corrected chi connectivity index (χ3v) is 14.0. The topological polar surface area (TPSA) is 0 Å². The third kappa shape index (κ3) is 4.76. The van der Waals surface area contributed by atoms with E-state index in [1.165, 1.54) is 131 Å². The Hall–Kier alpha value is -7.54. The second-order valence-corrected chi connectivity index (χ2v) is 17.5. The van der Waals surface area contributed by atoms with Gasteiger partial charge in [0, 0.05) is 5.41 Å². The molecule has 13 rings (SSSR count). The van der Waals surface area contributed by atoms with Crippen LogP contribution in [0.25, 0.3) is 120 Å². The maximum atomic E-state index is 2.52. The van der Waals surface area contributed by atoms with Gasteiger partial charge in [-0.25, -0.2) is 0 Å². The lowest BCUT2D eigenvalue weighted by Crippen LogP contribution is -2.16. The van der Waals surface area contributed by atoms with Gasteiger partial charge in [-0.15, -0.1) is 0 Å². The van der Waals surface area contributed by atoms with E-state index in [0.717, 1.165) is 0 Å². The molecule has 0 fully saturated rings. The summed E-state index contributed by atoms with van der Waals surface area (Å²) in [7, 11) is 0. The Balaban J connectivity index is 1.02. The van der Waals surface area contributed by atoms with Crippen molar-refractivity contribution in [2.24, 2.45) is 0 Å². The lowest BCUT2D eigenvalue weighted by molar-refractivity contribution is 0.667. The predicted octanol–water partition coefficient (Wildman–Crippen LogP) is 17.1. The summed E-state index contributed by atoms with van der Waals surface area (Å²) in [5.74, 6) is 0. The number of hydrogen-bond acceptors (Lipinski definition) is 0. The number of rotatable bonds is 3. The van der Waals surface area contributed by atoms with E-state index in [0.29, 0.717) is 0 Å². The fraction of sp³-hybridized carbons (Fsp3) is 0.0492. The second-order valence-electron chi connectivity index (χ2n) is 17.5. The first-order valence-corrected chi connectivity index (χ1v) is 21.5. The van der Waals surface area contributed by atoms with Crippen molar-refractivity contribution < 1.29 is 0 Å². The molecule has 12 aromatic carbocycles. The fourth-order valence-electron chi connectivity index (χ4n) is 11.4. The minimum atomic E-state index is -0.192. The summed E-state index contributed by atoms with van der Waals surface area (Å²) in [6.07, 6.45) is 0. The van der Waals surface area contributed by atoms with E-state index in [1.807, 2.05) is 0 Å². The van der Waals surface area contributed by atoms with Gasteiger partial charge in [-0.2, -0.15) is 0 Å². The first kappa shape index (κ1) is 34.3. The highest BCUT2D eigenvalue weighted by molar-refractivity contribution is 6.26. The van der Waals surface area contributed by atoms with Gasteiger partial charge in [0.15, 0.2) is 0 Å². The Morgan fingerprint density at radius 2 is 0.639 bits per heavy atom. The highest BCUT2D eigenvalue weighted by Crippen LogP contribution is 2.58. The highest BCUT2D eigenvalue weighted by Gasteiger charge is 2.40. The lowest BCUT2D eigenvalue weighted by Gasteiger charge is -2.25. The van der Waals surface area contributed by atoms with Crippen LogP contribution in [-0.2, 0) is 5.41 Å². The van der Waals surface area contributed by atoms with E-state index < -0.39 is 0 Å². The van der Waals surface area contributed by atoms with Crippen LogP contribution in [0.5, 0.6) is 0 Å². The minimum Gasteiger partial charge on any atom is -0.0616 e. The van der Waals surface area contributed by atoms with Crippen molar-refractivity contribution in [3.8, 4) is 44.5 Å². The number of benzene rings is 12. The molecule has 61 heavy (non-hydrogen) atoms. The van der Waals surface area contributed by atoms with Crippen LogP contribution in [-0.4, -0.2) is 0 Å². The van der Waals surface area contributed by atoms with Crippen LogP contribution in [0.1, 0.15) is 25.0 Å². The van der Waals surface area contributed by atoms with E-state index in [2.05, 4.69) is 220 Å². The maximum absolute atomic E-state index is 2.52. The van der Waals surface area contributed by atoms with Crippen LogP contribution in [0.15, 0.2) is 206 Å². The van der Waals surface area contributed by atoms with Crippen LogP contribution in [0.4, 0.5) is 0 Å². The van der Waals surface area contributed by atoms with Gasteiger partial charge >= 0.3 is 0 Å².